The van der Waals surface area contributed by atoms with Crippen molar-refractivity contribution >= 4 is 25.2 Å². The van der Waals surface area contributed by atoms with Crippen molar-refractivity contribution in [2.45, 2.75) is 116 Å². The number of hydrogen-bond donors (Lipinski definition) is 1. The smallest absolute Gasteiger partial charge is 2.00 e. The molecule has 9 heteroatoms. The van der Waals surface area contributed by atoms with Gasteiger partial charge in [0.2, 0.25) is 0 Å². The summed E-state index contributed by atoms with van der Waals surface area (Å²) in [5.41, 5.74) is 0. The van der Waals surface area contributed by atoms with E-state index in [0.29, 0.717) is 0 Å². The monoisotopic (exact) mass is 704 g/mol. The van der Waals surface area contributed by atoms with Crippen LogP contribution in [-0.2, 0) is 45.0 Å². The second kappa shape index (κ2) is 32.3. The fraction of sp³-hybridized carbons (Fsp3) is 0.500. The molecule has 7 nitrogen and oxygen atoms in total. The first-order valence-electron chi connectivity index (χ1n) is 15.9. The van der Waals surface area contributed by atoms with Gasteiger partial charge < -0.3 is 19.1 Å². The summed E-state index contributed by atoms with van der Waals surface area (Å²) in [6.45, 7) is 24.9. The van der Waals surface area contributed by atoms with Crippen molar-refractivity contribution in [2.24, 2.45) is 0 Å². The summed E-state index contributed by atoms with van der Waals surface area (Å²) in [5, 5.41) is 13.0. The van der Waals surface area contributed by atoms with Gasteiger partial charge in [0, 0.05) is 13.0 Å². The van der Waals surface area contributed by atoms with Crippen LogP contribution in [0.25, 0.3) is 0 Å². The zero-order valence-electron chi connectivity index (χ0n) is 28.4. The van der Waals surface area contributed by atoms with E-state index in [0.717, 1.165) is 64.4 Å². The zero-order valence-corrected chi connectivity index (χ0v) is 30.5. The Kier molecular flexibility index (Phi) is 33.8. The molecule has 3 radical (unpaired) electrons. The molecule has 2 aromatic rings. The van der Waals surface area contributed by atoms with Gasteiger partial charge in [0.25, 0.3) is 8.32 Å². The standard InChI is InChI=1S/C35H52O4Si.3CO.Fe/c1-5-6-13-23-32(38-30-36)24-20-22-31(37)21-14-9-7-8-10-19-29-39-40(35(2,3)4,33-25-15-11-16-26-33)34-27-17-12-18-28-34;3*1-2;/h11-12,15-18,20,22,24-28,31-32,37H,5-10,13-14,19,21,23,29H2,1-4H3;;;;/q-1;;;;+2/t31-,32+;;;;/m1..../s1. The van der Waals surface area contributed by atoms with Gasteiger partial charge >= 0.3 is 51.0 Å². The predicted octanol–water partition coefficient (Wildman–Crippen LogP) is 7.19. The minimum atomic E-state index is -2.44. The first kappa shape index (κ1) is 49.2. The van der Waals surface area contributed by atoms with E-state index in [1.807, 2.05) is 12.8 Å². The van der Waals surface area contributed by atoms with Crippen molar-refractivity contribution in [2.75, 3.05) is 6.61 Å². The third-order valence-corrected chi connectivity index (χ3v) is 12.6. The molecule has 2 rings (SSSR count). The molecule has 0 aliphatic rings. The fourth-order valence-electron chi connectivity index (χ4n) is 5.41. The largest absolute Gasteiger partial charge is 2.00 e. The van der Waals surface area contributed by atoms with Crippen molar-refractivity contribution in [3.8, 4) is 0 Å². The summed E-state index contributed by atoms with van der Waals surface area (Å²) in [7, 11) is -2.44. The topological polar surface area (TPSA) is 115 Å². The summed E-state index contributed by atoms with van der Waals surface area (Å²) >= 11 is 0. The summed E-state index contributed by atoms with van der Waals surface area (Å²) in [5.74, 6) is 0. The average Bonchev–Trinajstić information content (AvgIpc) is 3.09. The van der Waals surface area contributed by atoms with Crippen LogP contribution >= 0.6 is 0 Å². The summed E-state index contributed by atoms with van der Waals surface area (Å²) in [6, 6.07) is 21.7. The van der Waals surface area contributed by atoms with Crippen LogP contribution in [0, 0.1) is 39.2 Å². The van der Waals surface area contributed by atoms with Crippen molar-refractivity contribution < 1.29 is 50.1 Å². The van der Waals surface area contributed by atoms with Gasteiger partial charge in [-0.05, 0) is 53.9 Å². The summed E-state index contributed by atoms with van der Waals surface area (Å²) in [4.78, 5) is 10.6. The molecule has 0 bridgehead atoms. The molecule has 0 amide bonds. The average molecular weight is 705 g/mol. The van der Waals surface area contributed by atoms with E-state index >= 15 is 0 Å². The van der Waals surface area contributed by atoms with Crippen molar-refractivity contribution in [1.29, 1.82) is 0 Å². The molecule has 0 heterocycles. The Balaban J connectivity index is -0.00000261. The van der Waals surface area contributed by atoms with E-state index in [4.69, 9.17) is 23.1 Å². The van der Waals surface area contributed by atoms with Gasteiger partial charge in [-0.2, -0.15) is 0 Å². The van der Waals surface area contributed by atoms with Gasteiger partial charge in [-0.15, -0.1) is 0 Å². The van der Waals surface area contributed by atoms with E-state index in [1.165, 1.54) is 23.2 Å². The molecule has 0 aliphatic carbocycles. The van der Waals surface area contributed by atoms with Crippen LogP contribution in [0.3, 0.4) is 0 Å². The molecule has 2 atom stereocenters. The number of unbranched alkanes of at least 4 members (excludes halogenated alkanes) is 7. The maximum atomic E-state index is 10.6. The molecule has 0 saturated heterocycles. The third kappa shape index (κ3) is 20.0. The second-order valence-electron chi connectivity index (χ2n) is 11.8. The summed E-state index contributed by atoms with van der Waals surface area (Å²) < 4.78 is 34.5. The van der Waals surface area contributed by atoms with E-state index in [1.54, 1.807) is 12.9 Å². The molecule has 0 fully saturated rings. The normalized spacial score (nSPS) is 11.7. The molecule has 1 N–H and O–H groups in total. The van der Waals surface area contributed by atoms with Gasteiger partial charge in [-0.1, -0.05) is 140 Å². The fourth-order valence-corrected chi connectivity index (χ4v) is 10.0. The summed E-state index contributed by atoms with van der Waals surface area (Å²) in [6.07, 6.45) is 16.2. The molecular weight excluding hydrogens is 652 g/mol. The zero-order chi connectivity index (χ0) is 35.1. The molecule has 0 spiro atoms. The molecule has 0 aromatic heterocycles. The van der Waals surface area contributed by atoms with Crippen molar-refractivity contribution in [3.63, 3.8) is 0 Å². The number of aliphatic hydroxyl groups is 1. The molecule has 0 aliphatic heterocycles. The van der Waals surface area contributed by atoms with Gasteiger partial charge in [0.05, 0.1) is 12.2 Å². The molecule has 47 heavy (non-hydrogen) atoms. The maximum Gasteiger partial charge on any atom is 2.00 e. The quantitative estimate of drug-likeness (QED) is 0.0605. The number of benzene rings is 2. The Hall–Kier alpha value is -2.21. The first-order valence-corrected chi connectivity index (χ1v) is 17.8. The molecule has 0 saturated carbocycles. The van der Waals surface area contributed by atoms with E-state index < -0.39 is 14.4 Å². The van der Waals surface area contributed by atoms with E-state index in [9.17, 15) is 9.90 Å². The van der Waals surface area contributed by atoms with Gasteiger partial charge in [0.1, 0.15) is 0 Å². The van der Waals surface area contributed by atoms with Crippen LogP contribution in [0.5, 0.6) is 0 Å². The number of carbonyl (C=O) groups excluding carboxylic acids is 1. The Morgan fingerprint density at radius 2 is 1.23 bits per heavy atom. The van der Waals surface area contributed by atoms with Crippen molar-refractivity contribution in [1.82, 2.24) is 0 Å². The Labute approximate surface area is 296 Å². The van der Waals surface area contributed by atoms with Gasteiger partial charge in [0.15, 0.2) is 0 Å². The number of aliphatic hydroxyl groups excluding tert-OH is 1. The Morgan fingerprint density at radius 1 is 0.766 bits per heavy atom. The number of hydrogen-bond acceptors (Lipinski definition) is 4. The number of rotatable bonds is 22. The van der Waals surface area contributed by atoms with Crippen LogP contribution in [0.15, 0.2) is 60.7 Å². The van der Waals surface area contributed by atoms with E-state index in [-0.39, 0.29) is 28.2 Å². The number of ether oxygens (including phenoxy) is 1. The molecule has 2 aromatic carbocycles. The predicted molar refractivity (Wildman–Crippen MR) is 181 cm³/mol. The van der Waals surface area contributed by atoms with Crippen LogP contribution in [0.4, 0.5) is 0 Å². The molecule has 257 valence electrons. The molecular formula is C38H52FeO7Si+. The van der Waals surface area contributed by atoms with Crippen LogP contribution in [0.1, 0.15) is 98.3 Å². The molecule has 0 unspecified atom stereocenters. The van der Waals surface area contributed by atoms with E-state index in [2.05, 4.69) is 108 Å². The van der Waals surface area contributed by atoms with Crippen LogP contribution in [-0.4, -0.2) is 38.7 Å². The maximum absolute atomic E-state index is 10.6. The van der Waals surface area contributed by atoms with Gasteiger partial charge in [-0.25, -0.2) is 0 Å². The minimum absolute atomic E-state index is 0. The Bertz CT molecular complexity index is 985. The minimum Gasteiger partial charge on any atom is 2.00 e. The van der Waals surface area contributed by atoms with Crippen LogP contribution in [0.2, 0.25) is 5.04 Å². The second-order valence-corrected chi connectivity index (χ2v) is 16.1. The third-order valence-electron chi connectivity index (χ3n) is 7.58. The first-order chi connectivity index (χ1) is 22.3. The van der Waals surface area contributed by atoms with Gasteiger partial charge in [-0.3, -0.25) is 0 Å². The SMILES string of the molecule is CCCCC[C@@H]([CH][CH][CH][C@H](O)CCCCCCCCO[Si](c1ccccc1)(c1ccccc1)C(C)(C)C)O[C-]=O.[C-]#[O+].[C-]#[O+].[C-]#[O+].[Fe+2]. The van der Waals surface area contributed by atoms with Crippen LogP contribution < -0.4 is 10.4 Å². The van der Waals surface area contributed by atoms with Crippen molar-refractivity contribution in [3.05, 3.63) is 99.9 Å². The Morgan fingerprint density at radius 3 is 1.70 bits per heavy atom.